The van der Waals surface area contributed by atoms with Gasteiger partial charge in [-0.15, -0.1) is 0 Å². The quantitative estimate of drug-likeness (QED) is 0.806. The second-order valence-corrected chi connectivity index (χ2v) is 5.80. The first-order valence-corrected chi connectivity index (χ1v) is 7.83. The van der Waals surface area contributed by atoms with E-state index in [0.717, 1.165) is 24.8 Å². The maximum Gasteiger partial charge on any atom is 0.220 e. The van der Waals surface area contributed by atoms with Gasteiger partial charge in [-0.25, -0.2) is 0 Å². The van der Waals surface area contributed by atoms with Crippen molar-refractivity contribution in [3.05, 3.63) is 36.0 Å². The number of rotatable bonds is 4. The SMILES string of the molecule is O=C1CCC(NC(=O)CCc2c[nH]c3ccccc23)CCN1. The van der Waals surface area contributed by atoms with Gasteiger partial charge in [0.15, 0.2) is 0 Å². The fraction of sp³-hybridized carbons (Fsp3) is 0.412. The van der Waals surface area contributed by atoms with E-state index in [9.17, 15) is 9.59 Å². The van der Waals surface area contributed by atoms with E-state index in [1.165, 1.54) is 10.9 Å². The number of H-pyrrole nitrogens is 1. The summed E-state index contributed by atoms with van der Waals surface area (Å²) in [7, 11) is 0. The van der Waals surface area contributed by atoms with Gasteiger partial charge in [-0.3, -0.25) is 9.59 Å². The van der Waals surface area contributed by atoms with Crippen molar-refractivity contribution in [2.45, 2.75) is 38.1 Å². The molecule has 2 amide bonds. The molecule has 1 aromatic carbocycles. The molecule has 1 unspecified atom stereocenters. The summed E-state index contributed by atoms with van der Waals surface area (Å²) in [6.07, 6.45) is 5.20. The Hall–Kier alpha value is -2.30. The Morgan fingerprint density at radius 2 is 2.14 bits per heavy atom. The summed E-state index contributed by atoms with van der Waals surface area (Å²) in [5.41, 5.74) is 2.27. The van der Waals surface area contributed by atoms with Crippen molar-refractivity contribution in [1.29, 1.82) is 0 Å². The van der Waals surface area contributed by atoms with Gasteiger partial charge >= 0.3 is 0 Å². The molecule has 22 heavy (non-hydrogen) atoms. The van der Waals surface area contributed by atoms with Crippen LogP contribution in [0.2, 0.25) is 0 Å². The highest BCUT2D eigenvalue weighted by Gasteiger charge is 2.17. The van der Waals surface area contributed by atoms with Crippen molar-refractivity contribution < 1.29 is 9.59 Å². The Kier molecular flexibility index (Phi) is 4.42. The number of benzene rings is 1. The van der Waals surface area contributed by atoms with Crippen molar-refractivity contribution in [3.63, 3.8) is 0 Å². The zero-order chi connectivity index (χ0) is 15.4. The average molecular weight is 299 g/mol. The molecule has 0 saturated carbocycles. The van der Waals surface area contributed by atoms with E-state index in [1.54, 1.807) is 0 Å². The number of carbonyl (C=O) groups is 2. The number of carbonyl (C=O) groups excluding carboxylic acids is 2. The molecule has 0 spiro atoms. The van der Waals surface area contributed by atoms with E-state index in [2.05, 4.69) is 21.7 Å². The Balaban J connectivity index is 1.53. The Morgan fingerprint density at radius 3 is 3.05 bits per heavy atom. The molecule has 1 atom stereocenters. The van der Waals surface area contributed by atoms with E-state index >= 15 is 0 Å². The lowest BCUT2D eigenvalue weighted by atomic mass is 10.1. The highest BCUT2D eigenvalue weighted by molar-refractivity contribution is 5.84. The van der Waals surface area contributed by atoms with Crippen LogP contribution in [0.3, 0.4) is 0 Å². The van der Waals surface area contributed by atoms with Crippen LogP contribution in [0.15, 0.2) is 30.5 Å². The Bertz CT molecular complexity index is 677. The van der Waals surface area contributed by atoms with Crippen molar-refractivity contribution in [2.75, 3.05) is 6.54 Å². The molecule has 1 saturated heterocycles. The predicted octanol–water partition coefficient (Wildman–Crippen LogP) is 1.89. The topological polar surface area (TPSA) is 74.0 Å². The molecular formula is C17H21N3O2. The van der Waals surface area contributed by atoms with Crippen molar-refractivity contribution in [3.8, 4) is 0 Å². The zero-order valence-corrected chi connectivity index (χ0v) is 12.5. The molecular weight excluding hydrogens is 278 g/mol. The summed E-state index contributed by atoms with van der Waals surface area (Å²) < 4.78 is 0. The number of hydrogen-bond donors (Lipinski definition) is 3. The smallest absolute Gasteiger partial charge is 0.220 e. The summed E-state index contributed by atoms with van der Waals surface area (Å²) in [5, 5.41) is 7.06. The Labute approximate surface area is 129 Å². The monoisotopic (exact) mass is 299 g/mol. The summed E-state index contributed by atoms with van der Waals surface area (Å²) in [6, 6.07) is 8.22. The minimum atomic E-state index is 0.0598. The number of aryl methyl sites for hydroxylation is 1. The number of fused-ring (bicyclic) bond motifs is 1. The second kappa shape index (κ2) is 6.64. The van der Waals surface area contributed by atoms with Gasteiger partial charge in [0.25, 0.3) is 0 Å². The predicted molar refractivity (Wildman–Crippen MR) is 85.4 cm³/mol. The maximum absolute atomic E-state index is 12.1. The first-order valence-electron chi connectivity index (χ1n) is 7.83. The standard InChI is InChI=1S/C17H21N3O2/c21-16-8-6-13(9-10-18-16)20-17(22)7-5-12-11-19-15-4-2-1-3-14(12)15/h1-4,11,13,19H,5-10H2,(H,18,21)(H,20,22). The highest BCUT2D eigenvalue weighted by atomic mass is 16.2. The first-order chi connectivity index (χ1) is 10.7. The van der Waals surface area contributed by atoms with Gasteiger partial charge in [0.05, 0.1) is 0 Å². The third kappa shape index (κ3) is 3.47. The highest BCUT2D eigenvalue weighted by Crippen LogP contribution is 2.19. The number of para-hydroxylation sites is 1. The van der Waals surface area contributed by atoms with E-state index in [0.29, 0.717) is 19.4 Å². The molecule has 1 aliphatic heterocycles. The van der Waals surface area contributed by atoms with Crippen LogP contribution in [0.1, 0.15) is 31.2 Å². The summed E-state index contributed by atoms with van der Waals surface area (Å²) in [4.78, 5) is 26.6. The van der Waals surface area contributed by atoms with Crippen LogP contribution in [-0.2, 0) is 16.0 Å². The minimum absolute atomic E-state index is 0.0598. The Morgan fingerprint density at radius 1 is 1.27 bits per heavy atom. The van der Waals surface area contributed by atoms with Gasteiger partial charge in [-0.1, -0.05) is 18.2 Å². The van der Waals surface area contributed by atoms with Crippen LogP contribution in [-0.4, -0.2) is 29.4 Å². The van der Waals surface area contributed by atoms with Gasteiger partial charge in [0.1, 0.15) is 0 Å². The molecule has 1 aliphatic rings. The summed E-state index contributed by atoms with van der Waals surface area (Å²) >= 11 is 0. The normalized spacial score (nSPS) is 18.7. The third-order valence-electron chi connectivity index (χ3n) is 4.20. The lowest BCUT2D eigenvalue weighted by Gasteiger charge is -2.15. The fourth-order valence-electron chi connectivity index (χ4n) is 2.95. The molecule has 1 aromatic heterocycles. The van der Waals surface area contributed by atoms with Gasteiger partial charge in [0, 0.05) is 42.5 Å². The van der Waals surface area contributed by atoms with Crippen LogP contribution >= 0.6 is 0 Å². The number of hydrogen-bond acceptors (Lipinski definition) is 2. The van der Waals surface area contributed by atoms with Crippen molar-refractivity contribution in [1.82, 2.24) is 15.6 Å². The van der Waals surface area contributed by atoms with Crippen LogP contribution in [0.5, 0.6) is 0 Å². The molecule has 0 bridgehead atoms. The van der Waals surface area contributed by atoms with Crippen LogP contribution < -0.4 is 10.6 Å². The second-order valence-electron chi connectivity index (χ2n) is 5.80. The van der Waals surface area contributed by atoms with Gasteiger partial charge in [0.2, 0.25) is 11.8 Å². The third-order valence-corrected chi connectivity index (χ3v) is 4.20. The largest absolute Gasteiger partial charge is 0.361 e. The number of aromatic nitrogens is 1. The maximum atomic E-state index is 12.1. The van der Waals surface area contributed by atoms with Crippen molar-refractivity contribution >= 4 is 22.7 Å². The average Bonchev–Trinajstić information content (AvgIpc) is 2.83. The van der Waals surface area contributed by atoms with Gasteiger partial charge < -0.3 is 15.6 Å². The molecule has 3 N–H and O–H groups in total. The van der Waals surface area contributed by atoms with Gasteiger partial charge in [-0.05, 0) is 30.9 Å². The molecule has 1 fully saturated rings. The molecule has 5 nitrogen and oxygen atoms in total. The lowest BCUT2D eigenvalue weighted by molar-refractivity contribution is -0.122. The molecule has 2 heterocycles. The zero-order valence-electron chi connectivity index (χ0n) is 12.5. The lowest BCUT2D eigenvalue weighted by Crippen LogP contribution is -2.35. The van der Waals surface area contributed by atoms with E-state index in [1.807, 2.05) is 24.4 Å². The number of aromatic amines is 1. The minimum Gasteiger partial charge on any atom is -0.361 e. The summed E-state index contributed by atoms with van der Waals surface area (Å²) in [6.45, 7) is 0.645. The number of nitrogens with one attached hydrogen (secondary N) is 3. The summed E-state index contributed by atoms with van der Waals surface area (Å²) in [5.74, 6) is 0.139. The molecule has 3 rings (SSSR count). The van der Waals surface area contributed by atoms with Crippen LogP contribution in [0.25, 0.3) is 10.9 Å². The van der Waals surface area contributed by atoms with E-state index < -0.39 is 0 Å². The van der Waals surface area contributed by atoms with Crippen LogP contribution in [0, 0.1) is 0 Å². The van der Waals surface area contributed by atoms with Crippen molar-refractivity contribution in [2.24, 2.45) is 0 Å². The molecule has 116 valence electrons. The molecule has 5 heteroatoms. The molecule has 2 aromatic rings. The van der Waals surface area contributed by atoms with Gasteiger partial charge in [-0.2, -0.15) is 0 Å². The number of amides is 2. The fourth-order valence-corrected chi connectivity index (χ4v) is 2.95. The molecule has 0 radical (unpaired) electrons. The first kappa shape index (κ1) is 14.6. The van der Waals surface area contributed by atoms with E-state index in [4.69, 9.17) is 0 Å². The van der Waals surface area contributed by atoms with E-state index in [-0.39, 0.29) is 17.9 Å². The molecule has 0 aliphatic carbocycles. The van der Waals surface area contributed by atoms with Crippen LogP contribution in [0.4, 0.5) is 0 Å².